The van der Waals surface area contributed by atoms with Gasteiger partial charge in [-0.05, 0) is 49.2 Å². The number of hydrogen-bond acceptors (Lipinski definition) is 4. The molecule has 0 unspecified atom stereocenters. The van der Waals surface area contributed by atoms with Crippen LogP contribution in [0.25, 0.3) is 0 Å². The van der Waals surface area contributed by atoms with E-state index < -0.39 is 53.3 Å². The highest BCUT2D eigenvalue weighted by Gasteiger charge is 2.39. The van der Waals surface area contributed by atoms with Crippen molar-refractivity contribution in [3.8, 4) is 0 Å². The van der Waals surface area contributed by atoms with E-state index in [4.69, 9.17) is 0 Å². The van der Waals surface area contributed by atoms with Crippen molar-refractivity contribution in [1.29, 1.82) is 0 Å². The van der Waals surface area contributed by atoms with Crippen LogP contribution in [-0.2, 0) is 32.4 Å². The predicted molar refractivity (Wildman–Crippen MR) is 89.9 cm³/mol. The Morgan fingerprint density at radius 2 is 1.28 bits per heavy atom. The predicted octanol–water partition coefficient (Wildman–Crippen LogP) is 4.01. The van der Waals surface area contributed by atoms with E-state index in [1.54, 1.807) is 0 Å². The summed E-state index contributed by atoms with van der Waals surface area (Å²) in [5.41, 5.74) is -3.13. The Balaban J connectivity index is 2.61. The van der Waals surface area contributed by atoms with Crippen LogP contribution in [0.3, 0.4) is 0 Å². The minimum absolute atomic E-state index is 0.0889. The van der Waals surface area contributed by atoms with Gasteiger partial charge in [0.2, 0.25) is 0 Å². The fourth-order valence-corrected chi connectivity index (χ4v) is 5.85. The van der Waals surface area contributed by atoms with Crippen LogP contribution in [0.5, 0.6) is 0 Å². The van der Waals surface area contributed by atoms with Crippen LogP contribution in [0.2, 0.25) is 0 Å². The first-order valence-electron chi connectivity index (χ1n) is 7.59. The molecular formula is C16H13F6NO4S2. The molecule has 1 N–H and O–H groups in total. The lowest BCUT2D eigenvalue weighted by Crippen LogP contribution is -2.33. The third-order valence-electron chi connectivity index (χ3n) is 3.76. The average Bonchev–Trinajstić information content (AvgIpc) is 2.51. The molecule has 29 heavy (non-hydrogen) atoms. The van der Waals surface area contributed by atoms with E-state index in [9.17, 15) is 43.2 Å². The van der Waals surface area contributed by atoms with Crippen LogP contribution in [0.4, 0.5) is 26.3 Å². The molecule has 0 heterocycles. The number of nitrogens with one attached hydrogen (secondary N) is 1. The summed E-state index contributed by atoms with van der Waals surface area (Å²) >= 11 is 0. The maximum absolute atomic E-state index is 13.1. The summed E-state index contributed by atoms with van der Waals surface area (Å²) in [4.78, 5) is -2.39. The van der Waals surface area contributed by atoms with Gasteiger partial charge < -0.3 is 0 Å². The molecule has 0 saturated heterocycles. The molecule has 0 amide bonds. The van der Waals surface area contributed by atoms with E-state index >= 15 is 0 Å². The van der Waals surface area contributed by atoms with Crippen LogP contribution in [0.1, 0.15) is 22.3 Å². The van der Waals surface area contributed by atoms with Gasteiger partial charge in [-0.1, -0.05) is 12.1 Å². The quantitative estimate of drug-likeness (QED) is 0.698. The lowest BCUT2D eigenvalue weighted by atomic mass is 10.1. The molecular weight excluding hydrogens is 448 g/mol. The molecule has 0 aliphatic heterocycles. The SMILES string of the molecule is Cc1ccc(C(F)(F)F)c(S(=O)(=O)NS(=O)(=O)c2cc(C(F)(F)F)ccc2C)c1. The zero-order valence-corrected chi connectivity index (χ0v) is 16.3. The van der Waals surface area contributed by atoms with Crippen molar-refractivity contribution in [3.05, 3.63) is 58.7 Å². The van der Waals surface area contributed by atoms with Gasteiger partial charge in [-0.15, -0.1) is 4.13 Å². The summed E-state index contributed by atoms with van der Waals surface area (Å²) in [5, 5.41) is 0. The second-order valence-corrected chi connectivity index (χ2v) is 9.63. The first-order valence-corrected chi connectivity index (χ1v) is 10.6. The molecule has 13 heteroatoms. The normalized spacial score (nSPS) is 13.5. The summed E-state index contributed by atoms with van der Waals surface area (Å²) in [6.07, 6.45) is -10.0. The number of alkyl halides is 6. The van der Waals surface area contributed by atoms with Crippen molar-refractivity contribution in [1.82, 2.24) is 4.13 Å². The van der Waals surface area contributed by atoms with Crippen LogP contribution in [0.15, 0.2) is 46.2 Å². The largest absolute Gasteiger partial charge is 0.417 e. The maximum Gasteiger partial charge on any atom is 0.417 e. The number of halogens is 6. The number of aryl methyl sites for hydroxylation is 2. The Morgan fingerprint density at radius 3 is 1.79 bits per heavy atom. The Labute approximate surface area is 162 Å². The highest BCUT2D eigenvalue weighted by molar-refractivity contribution is 8.04. The molecule has 0 radical (unpaired) electrons. The summed E-state index contributed by atoms with van der Waals surface area (Å²) in [6.45, 7) is 2.39. The molecule has 0 atom stereocenters. The number of sulfonamides is 2. The second kappa shape index (κ2) is 7.29. The zero-order chi connectivity index (χ0) is 22.4. The molecule has 0 bridgehead atoms. The van der Waals surface area contributed by atoms with Crippen LogP contribution in [0, 0.1) is 13.8 Å². The lowest BCUT2D eigenvalue weighted by Gasteiger charge is -2.16. The second-order valence-electron chi connectivity index (χ2n) is 6.07. The molecule has 2 rings (SSSR count). The molecule has 0 aliphatic rings. The molecule has 0 saturated carbocycles. The van der Waals surface area contributed by atoms with Gasteiger partial charge in [0.25, 0.3) is 20.0 Å². The fourth-order valence-electron chi connectivity index (χ4n) is 2.39. The average molecular weight is 461 g/mol. The Kier molecular flexibility index (Phi) is 5.82. The van der Waals surface area contributed by atoms with Crippen molar-refractivity contribution in [2.75, 3.05) is 0 Å². The van der Waals surface area contributed by atoms with E-state index in [2.05, 4.69) is 0 Å². The van der Waals surface area contributed by atoms with Crippen molar-refractivity contribution in [2.45, 2.75) is 36.0 Å². The van der Waals surface area contributed by atoms with E-state index in [-0.39, 0.29) is 17.2 Å². The van der Waals surface area contributed by atoms with E-state index in [1.165, 1.54) is 6.92 Å². The minimum Gasteiger partial charge on any atom is -0.206 e. The van der Waals surface area contributed by atoms with Gasteiger partial charge in [0.15, 0.2) is 0 Å². The van der Waals surface area contributed by atoms with Crippen LogP contribution >= 0.6 is 0 Å². The van der Waals surface area contributed by atoms with Crippen molar-refractivity contribution >= 4 is 20.0 Å². The van der Waals surface area contributed by atoms with Gasteiger partial charge in [-0.3, -0.25) is 0 Å². The van der Waals surface area contributed by atoms with Gasteiger partial charge in [0.1, 0.15) is 0 Å². The molecule has 0 spiro atoms. The number of benzene rings is 2. The molecule has 0 aliphatic carbocycles. The Hall–Kier alpha value is -2.12. The van der Waals surface area contributed by atoms with E-state index in [0.717, 1.165) is 23.2 Å². The van der Waals surface area contributed by atoms with E-state index in [1.807, 2.05) is 0 Å². The van der Waals surface area contributed by atoms with Gasteiger partial charge in [-0.25, -0.2) is 16.8 Å². The number of hydrogen-bond donors (Lipinski definition) is 1. The van der Waals surface area contributed by atoms with Crippen molar-refractivity contribution < 1.29 is 43.2 Å². The number of rotatable bonds is 4. The monoisotopic (exact) mass is 461 g/mol. The van der Waals surface area contributed by atoms with Gasteiger partial charge in [-0.2, -0.15) is 26.3 Å². The van der Waals surface area contributed by atoms with Crippen molar-refractivity contribution in [3.63, 3.8) is 0 Å². The summed E-state index contributed by atoms with van der Waals surface area (Å²) in [5.74, 6) is 0. The maximum atomic E-state index is 13.1. The Morgan fingerprint density at radius 1 is 0.724 bits per heavy atom. The minimum atomic E-state index is -5.31. The molecule has 2 aromatic carbocycles. The first-order chi connectivity index (χ1) is 12.9. The van der Waals surface area contributed by atoms with Gasteiger partial charge in [0.05, 0.1) is 20.9 Å². The van der Waals surface area contributed by atoms with Crippen molar-refractivity contribution in [2.24, 2.45) is 0 Å². The summed E-state index contributed by atoms with van der Waals surface area (Å²) in [6, 6.07) is 3.65. The third kappa shape index (κ3) is 5.08. The lowest BCUT2D eigenvalue weighted by molar-refractivity contribution is -0.140. The molecule has 2 aromatic rings. The fraction of sp³-hybridized carbons (Fsp3) is 0.250. The standard InChI is InChI=1S/C16H13F6NO4S2/c1-9-3-6-12(16(20,21)22)14(7-9)29(26,27)23-28(24,25)13-8-11(15(17,18)19)5-4-10(13)2/h3-8,23H,1-2H3. The highest BCUT2D eigenvalue weighted by atomic mass is 32.3. The van der Waals surface area contributed by atoms with Gasteiger partial charge in [0, 0.05) is 0 Å². The highest BCUT2D eigenvalue weighted by Crippen LogP contribution is 2.35. The molecule has 5 nitrogen and oxygen atoms in total. The molecule has 0 fully saturated rings. The molecule has 0 aromatic heterocycles. The van der Waals surface area contributed by atoms with E-state index in [0.29, 0.717) is 18.2 Å². The molecule has 160 valence electrons. The third-order valence-corrected chi connectivity index (χ3v) is 7.45. The van der Waals surface area contributed by atoms with Gasteiger partial charge >= 0.3 is 12.4 Å². The van der Waals surface area contributed by atoms with Crippen LogP contribution in [-0.4, -0.2) is 16.8 Å². The first kappa shape index (κ1) is 23.2. The summed E-state index contributed by atoms with van der Waals surface area (Å²) < 4.78 is 129. The topological polar surface area (TPSA) is 80.3 Å². The van der Waals surface area contributed by atoms with Crippen LogP contribution < -0.4 is 4.13 Å². The summed E-state index contributed by atoms with van der Waals surface area (Å²) in [7, 11) is -10.5. The Bertz CT molecular complexity index is 1150. The zero-order valence-electron chi connectivity index (χ0n) is 14.7. The smallest absolute Gasteiger partial charge is 0.206 e.